The topological polar surface area (TPSA) is 170 Å². The van der Waals surface area contributed by atoms with Gasteiger partial charge < -0.3 is 9.66 Å². The number of hydrogen-bond acceptors (Lipinski definition) is 8. The van der Waals surface area contributed by atoms with Crippen LogP contribution in [0.15, 0.2) is 52.3 Å². The molecule has 26 heavy (non-hydrogen) atoms. The minimum absolute atomic E-state index is 0. The molecule has 2 aromatic carbocycles. The molecule has 10 nitrogen and oxygen atoms in total. The Hall–Kier alpha value is -0.0636. The van der Waals surface area contributed by atoms with Crippen LogP contribution in [0.4, 0.5) is 11.4 Å². The molecule has 0 aliphatic rings. The number of nitrogens with zero attached hydrogens (tertiary/aromatic N) is 1. The molecule has 14 heteroatoms. The molecule has 0 saturated carbocycles. The van der Waals surface area contributed by atoms with Crippen molar-refractivity contribution < 1.29 is 112 Å². The number of nitro groups is 1. The van der Waals surface area contributed by atoms with Crippen molar-refractivity contribution in [2.45, 2.75) is 9.79 Å². The van der Waals surface area contributed by atoms with Gasteiger partial charge in [0.1, 0.15) is 10.1 Å². The Morgan fingerprint density at radius 1 is 0.962 bits per heavy atom. The molecule has 0 bridgehead atoms. The maximum absolute atomic E-state index is 12.2. The fourth-order valence-corrected chi connectivity index (χ4v) is 3.32. The minimum atomic E-state index is -4.78. The molecule has 0 radical (unpaired) electrons. The molecule has 0 unspecified atom stereocenters. The first-order valence-electron chi connectivity index (χ1n) is 6.05. The molecule has 0 aromatic heterocycles. The normalized spacial score (nSPS) is 11.0. The van der Waals surface area contributed by atoms with Crippen molar-refractivity contribution in [2.24, 2.45) is 0 Å². The van der Waals surface area contributed by atoms with Crippen LogP contribution in [-0.4, -0.2) is 26.3 Å². The van der Waals surface area contributed by atoms with E-state index in [0.29, 0.717) is 6.07 Å². The molecule has 0 fully saturated rings. The second-order valence-electron chi connectivity index (χ2n) is 4.47. The van der Waals surface area contributed by atoms with Crippen molar-refractivity contribution >= 4 is 31.5 Å². The van der Waals surface area contributed by atoms with Crippen LogP contribution < -0.4 is 90.8 Å². The predicted molar refractivity (Wildman–Crippen MR) is 77.8 cm³/mol. The van der Waals surface area contributed by atoms with Crippen molar-refractivity contribution in [3.63, 3.8) is 0 Å². The molecular formula is C12H8KN2NaO8S2. The van der Waals surface area contributed by atoms with Gasteiger partial charge in [0, 0.05) is 6.07 Å². The summed E-state index contributed by atoms with van der Waals surface area (Å²) >= 11 is 0. The Balaban J connectivity index is 0.00000312. The van der Waals surface area contributed by atoms with Crippen LogP contribution in [0, 0.1) is 10.1 Å². The number of sulfonamides is 1. The van der Waals surface area contributed by atoms with E-state index in [1.807, 2.05) is 4.72 Å². The average Bonchev–Trinajstić information content (AvgIpc) is 2.46. The summed E-state index contributed by atoms with van der Waals surface area (Å²) in [6.07, 6.45) is 0. The first-order valence-corrected chi connectivity index (χ1v) is 8.94. The Labute approximate surface area is 213 Å². The zero-order valence-electron chi connectivity index (χ0n) is 13.6. The third kappa shape index (κ3) is 6.52. The minimum Gasteiger partial charge on any atom is -0.868 e. The van der Waals surface area contributed by atoms with E-state index in [-0.39, 0.29) is 86.6 Å². The molecule has 128 valence electrons. The summed E-state index contributed by atoms with van der Waals surface area (Å²) in [6, 6.07) is 6.29. The molecule has 2 rings (SSSR count). The number of nitrogens with one attached hydrogen (secondary N) is 1. The Morgan fingerprint density at radius 2 is 1.58 bits per heavy atom. The smallest absolute Gasteiger partial charge is 0.868 e. The summed E-state index contributed by atoms with van der Waals surface area (Å²) in [5.74, 6) is -0.960. The van der Waals surface area contributed by atoms with Crippen LogP contribution in [0.5, 0.6) is 5.75 Å². The van der Waals surface area contributed by atoms with Gasteiger partial charge in [0.25, 0.3) is 15.7 Å². The van der Waals surface area contributed by atoms with Crippen LogP contribution in [0.1, 0.15) is 0 Å². The van der Waals surface area contributed by atoms with Gasteiger partial charge in [-0.1, -0.05) is 12.1 Å². The predicted octanol–water partition coefficient (Wildman–Crippen LogP) is -5.62. The molecule has 0 aliphatic carbocycles. The van der Waals surface area contributed by atoms with Crippen LogP contribution in [0.25, 0.3) is 0 Å². The van der Waals surface area contributed by atoms with E-state index in [0.717, 1.165) is 30.3 Å². The Kier molecular flexibility index (Phi) is 9.90. The van der Waals surface area contributed by atoms with E-state index in [1.165, 1.54) is 6.07 Å². The second-order valence-corrected chi connectivity index (χ2v) is 7.54. The first-order chi connectivity index (χ1) is 11.0. The quantitative estimate of drug-likeness (QED) is 0.210. The van der Waals surface area contributed by atoms with Crippen molar-refractivity contribution in [1.82, 2.24) is 0 Å². The fraction of sp³-hybridized carbons (Fsp3) is 0. The monoisotopic (exact) mass is 434 g/mol. The van der Waals surface area contributed by atoms with Gasteiger partial charge in [-0.15, -0.1) is 0 Å². The SMILES string of the molecule is O=[N+]([O-])c1cc(S(=O)(=O)Nc2cccc(S(=O)(=O)[O-])c2)ccc1[O-].[K+].[Na+]. The van der Waals surface area contributed by atoms with Gasteiger partial charge in [0.15, 0.2) is 0 Å². The van der Waals surface area contributed by atoms with Gasteiger partial charge in [0.05, 0.1) is 20.4 Å². The van der Waals surface area contributed by atoms with Crippen molar-refractivity contribution in [3.05, 3.63) is 52.6 Å². The molecule has 1 N–H and O–H groups in total. The van der Waals surface area contributed by atoms with Gasteiger partial charge in [-0.25, -0.2) is 16.8 Å². The molecule has 0 saturated heterocycles. The van der Waals surface area contributed by atoms with E-state index >= 15 is 0 Å². The standard InChI is InChI=1S/C12H10N2O8S2.K.Na/c15-12-5-4-9(7-11(12)14(16)17)23(18,19)13-8-2-1-3-10(6-8)24(20,21)22;;/h1-7,13,15H,(H,20,21,22);;/q;2*+1/p-2. The molecule has 0 heterocycles. The Morgan fingerprint density at radius 3 is 2.12 bits per heavy atom. The van der Waals surface area contributed by atoms with Crippen molar-refractivity contribution in [2.75, 3.05) is 4.72 Å². The molecule has 2 aromatic rings. The third-order valence-corrected chi connectivity index (χ3v) is 5.02. The largest absolute Gasteiger partial charge is 1.00 e. The number of anilines is 1. The molecule has 0 amide bonds. The maximum Gasteiger partial charge on any atom is 1.00 e. The van der Waals surface area contributed by atoms with E-state index < -0.39 is 46.3 Å². The molecule has 0 aliphatic heterocycles. The summed E-state index contributed by atoms with van der Waals surface area (Å²) in [7, 11) is -9.12. The van der Waals surface area contributed by atoms with Gasteiger partial charge in [-0.05, 0) is 30.0 Å². The van der Waals surface area contributed by atoms with Crippen molar-refractivity contribution in [3.8, 4) is 5.75 Å². The fourth-order valence-electron chi connectivity index (χ4n) is 1.74. The van der Waals surface area contributed by atoms with E-state index in [4.69, 9.17) is 0 Å². The zero-order valence-corrected chi connectivity index (χ0v) is 20.3. The summed E-state index contributed by atoms with van der Waals surface area (Å²) in [4.78, 5) is 8.47. The van der Waals surface area contributed by atoms with Crippen molar-refractivity contribution in [1.29, 1.82) is 0 Å². The number of hydrogen-bond donors (Lipinski definition) is 1. The van der Waals surface area contributed by atoms with Crippen LogP contribution in [0.3, 0.4) is 0 Å². The summed E-state index contributed by atoms with van der Waals surface area (Å²) in [5, 5.41) is 22.0. The molecular weight excluding hydrogens is 426 g/mol. The summed E-state index contributed by atoms with van der Waals surface area (Å²) < 4.78 is 59.2. The number of nitro benzene ring substituents is 1. The van der Waals surface area contributed by atoms with Gasteiger partial charge in [0.2, 0.25) is 0 Å². The average molecular weight is 434 g/mol. The van der Waals surface area contributed by atoms with E-state index in [1.54, 1.807) is 0 Å². The van der Waals surface area contributed by atoms with Gasteiger partial charge in [-0.2, -0.15) is 0 Å². The summed E-state index contributed by atoms with van der Waals surface area (Å²) in [6.45, 7) is 0. The summed E-state index contributed by atoms with van der Waals surface area (Å²) in [5.41, 5.74) is -1.16. The molecule has 0 atom stereocenters. The van der Waals surface area contributed by atoms with Gasteiger partial charge in [-0.3, -0.25) is 14.8 Å². The van der Waals surface area contributed by atoms with Crippen LogP contribution in [-0.2, 0) is 20.1 Å². The third-order valence-electron chi connectivity index (χ3n) is 2.81. The van der Waals surface area contributed by atoms with E-state index in [9.17, 15) is 36.6 Å². The Bertz CT molecular complexity index is 1030. The van der Waals surface area contributed by atoms with Crippen LogP contribution >= 0.6 is 0 Å². The maximum atomic E-state index is 12.2. The van der Waals surface area contributed by atoms with Crippen LogP contribution in [0.2, 0.25) is 0 Å². The van der Waals surface area contributed by atoms with E-state index in [2.05, 4.69) is 0 Å². The number of rotatable bonds is 5. The first kappa shape index (κ1) is 25.9. The molecule has 0 spiro atoms. The van der Waals surface area contributed by atoms with Gasteiger partial charge >= 0.3 is 80.9 Å². The zero-order chi connectivity index (χ0) is 18.1. The second kappa shape index (κ2) is 9.93. The number of benzene rings is 2.